The second kappa shape index (κ2) is 5.05. The number of amides is 1. The molecule has 0 bridgehead atoms. The van der Waals surface area contributed by atoms with Crippen molar-refractivity contribution in [3.8, 4) is 0 Å². The van der Waals surface area contributed by atoms with Gasteiger partial charge in [-0.3, -0.25) is 4.79 Å². The molecule has 2 heterocycles. The lowest BCUT2D eigenvalue weighted by Gasteiger charge is -2.22. The number of hydrogen-bond donors (Lipinski definition) is 3. The topological polar surface area (TPSA) is 56.9 Å². The number of hydrogen-bond acceptors (Lipinski definition) is 2. The van der Waals surface area contributed by atoms with Crippen LogP contribution in [0.4, 0.5) is 5.69 Å². The molecule has 1 aromatic carbocycles. The van der Waals surface area contributed by atoms with E-state index in [4.69, 9.17) is 0 Å². The molecule has 2 aromatic rings. The zero-order valence-corrected chi connectivity index (χ0v) is 11.1. The van der Waals surface area contributed by atoms with Gasteiger partial charge >= 0.3 is 0 Å². The van der Waals surface area contributed by atoms with Crippen molar-refractivity contribution < 1.29 is 4.79 Å². The molecule has 0 aliphatic carbocycles. The Morgan fingerprint density at radius 2 is 2.16 bits per heavy atom. The second-order valence-electron chi connectivity index (χ2n) is 5.16. The van der Waals surface area contributed by atoms with Crippen LogP contribution in [0.3, 0.4) is 0 Å². The number of aromatic nitrogens is 1. The van der Waals surface area contributed by atoms with Gasteiger partial charge in [0, 0.05) is 16.6 Å². The zero-order chi connectivity index (χ0) is 13.2. The van der Waals surface area contributed by atoms with Crippen LogP contribution in [0, 0.1) is 6.92 Å². The van der Waals surface area contributed by atoms with Crippen LogP contribution in [0.2, 0.25) is 0 Å². The van der Waals surface area contributed by atoms with E-state index in [9.17, 15) is 4.79 Å². The first-order valence-electron chi connectivity index (χ1n) is 6.87. The molecule has 1 atom stereocenters. The van der Waals surface area contributed by atoms with Crippen LogP contribution >= 0.6 is 0 Å². The average Bonchev–Trinajstić information content (AvgIpc) is 2.76. The number of anilines is 1. The lowest BCUT2D eigenvalue weighted by molar-refractivity contribution is -0.118. The number of piperidine rings is 1. The Kier molecular flexibility index (Phi) is 3.25. The molecular formula is C15H19N3O. The fourth-order valence-electron chi connectivity index (χ4n) is 2.72. The van der Waals surface area contributed by atoms with Gasteiger partial charge in [-0.15, -0.1) is 0 Å². The third-order valence-electron chi connectivity index (χ3n) is 3.77. The summed E-state index contributed by atoms with van der Waals surface area (Å²) in [7, 11) is 0. The quantitative estimate of drug-likeness (QED) is 0.774. The number of rotatable bonds is 2. The maximum Gasteiger partial charge on any atom is 0.241 e. The summed E-state index contributed by atoms with van der Waals surface area (Å²) < 4.78 is 0. The molecule has 1 fully saturated rings. The third kappa shape index (κ3) is 2.36. The molecule has 100 valence electrons. The van der Waals surface area contributed by atoms with Crippen LogP contribution in [0.5, 0.6) is 0 Å². The van der Waals surface area contributed by atoms with Crippen LogP contribution in [0.15, 0.2) is 24.3 Å². The maximum atomic E-state index is 12.3. The van der Waals surface area contributed by atoms with Gasteiger partial charge in [-0.05, 0) is 32.4 Å². The van der Waals surface area contributed by atoms with Gasteiger partial charge in [0.15, 0.2) is 0 Å². The lowest BCUT2D eigenvalue weighted by Crippen LogP contribution is -2.43. The number of nitrogens with one attached hydrogen (secondary N) is 3. The molecule has 1 amide bonds. The van der Waals surface area contributed by atoms with E-state index in [-0.39, 0.29) is 11.9 Å². The Balaban J connectivity index is 1.84. The summed E-state index contributed by atoms with van der Waals surface area (Å²) in [6.07, 6.45) is 3.21. The summed E-state index contributed by atoms with van der Waals surface area (Å²) in [5.41, 5.74) is 2.98. The Morgan fingerprint density at radius 3 is 2.95 bits per heavy atom. The molecule has 4 heteroatoms. The number of para-hydroxylation sites is 1. The molecule has 0 radical (unpaired) electrons. The van der Waals surface area contributed by atoms with Gasteiger partial charge in [0.25, 0.3) is 0 Å². The zero-order valence-electron chi connectivity index (χ0n) is 11.1. The molecule has 1 unspecified atom stereocenters. The fourth-order valence-corrected chi connectivity index (χ4v) is 2.72. The Morgan fingerprint density at radius 1 is 1.32 bits per heavy atom. The first-order valence-corrected chi connectivity index (χ1v) is 6.87. The highest BCUT2D eigenvalue weighted by Gasteiger charge is 2.21. The highest BCUT2D eigenvalue weighted by molar-refractivity contribution is 6.04. The van der Waals surface area contributed by atoms with Crippen LogP contribution in [0.1, 0.15) is 25.0 Å². The number of benzene rings is 1. The average molecular weight is 257 g/mol. The van der Waals surface area contributed by atoms with Gasteiger partial charge in [-0.2, -0.15) is 0 Å². The van der Waals surface area contributed by atoms with E-state index in [1.165, 1.54) is 0 Å². The molecule has 1 aliphatic rings. The van der Waals surface area contributed by atoms with Crippen molar-refractivity contribution in [1.29, 1.82) is 0 Å². The highest BCUT2D eigenvalue weighted by Crippen LogP contribution is 2.27. The summed E-state index contributed by atoms with van der Waals surface area (Å²) in [4.78, 5) is 15.6. The van der Waals surface area contributed by atoms with Crippen LogP contribution in [-0.4, -0.2) is 23.5 Å². The normalized spacial score (nSPS) is 19.5. The smallest absolute Gasteiger partial charge is 0.241 e. The van der Waals surface area contributed by atoms with E-state index >= 15 is 0 Å². The predicted octanol–water partition coefficient (Wildman–Crippen LogP) is 2.56. The maximum absolute atomic E-state index is 12.3. The van der Waals surface area contributed by atoms with Gasteiger partial charge in [0.1, 0.15) is 0 Å². The van der Waals surface area contributed by atoms with Crippen molar-refractivity contribution in [2.75, 3.05) is 11.9 Å². The number of carbonyl (C=O) groups excluding carboxylic acids is 1. The van der Waals surface area contributed by atoms with E-state index in [1.54, 1.807) is 0 Å². The monoisotopic (exact) mass is 257 g/mol. The van der Waals surface area contributed by atoms with Gasteiger partial charge in [-0.25, -0.2) is 0 Å². The summed E-state index contributed by atoms with van der Waals surface area (Å²) >= 11 is 0. The van der Waals surface area contributed by atoms with Crippen molar-refractivity contribution in [1.82, 2.24) is 10.3 Å². The summed E-state index contributed by atoms with van der Waals surface area (Å²) in [5.74, 6) is 0.0764. The van der Waals surface area contributed by atoms with Crippen LogP contribution in [0.25, 0.3) is 10.9 Å². The molecule has 3 rings (SSSR count). The SMILES string of the molecule is Cc1[nH]c2ccccc2c1NC(=O)C1CCCCN1. The van der Waals surface area contributed by atoms with Gasteiger partial charge in [-0.1, -0.05) is 24.6 Å². The van der Waals surface area contributed by atoms with Gasteiger partial charge in [0.2, 0.25) is 5.91 Å². The molecule has 1 aromatic heterocycles. The highest BCUT2D eigenvalue weighted by atomic mass is 16.2. The first-order chi connectivity index (χ1) is 9.25. The number of fused-ring (bicyclic) bond motifs is 1. The molecule has 0 saturated carbocycles. The van der Waals surface area contributed by atoms with E-state index in [2.05, 4.69) is 15.6 Å². The number of aromatic amines is 1. The lowest BCUT2D eigenvalue weighted by atomic mass is 10.0. The van der Waals surface area contributed by atoms with E-state index in [0.29, 0.717) is 0 Å². The molecule has 1 aliphatic heterocycles. The minimum Gasteiger partial charge on any atom is -0.357 e. The number of aryl methyl sites for hydroxylation is 1. The molecule has 3 N–H and O–H groups in total. The minimum atomic E-state index is -0.0539. The largest absolute Gasteiger partial charge is 0.357 e. The van der Waals surface area contributed by atoms with E-state index < -0.39 is 0 Å². The third-order valence-corrected chi connectivity index (χ3v) is 3.77. The van der Waals surface area contributed by atoms with Crippen molar-refractivity contribution in [2.45, 2.75) is 32.2 Å². The minimum absolute atomic E-state index is 0.0539. The predicted molar refractivity (Wildman–Crippen MR) is 77.3 cm³/mol. The van der Waals surface area contributed by atoms with Gasteiger partial charge < -0.3 is 15.6 Å². The molecule has 0 spiro atoms. The van der Waals surface area contributed by atoms with Crippen LogP contribution in [-0.2, 0) is 4.79 Å². The van der Waals surface area contributed by atoms with Crippen molar-refractivity contribution in [3.05, 3.63) is 30.0 Å². The standard InChI is InChI=1S/C15H19N3O/c1-10-14(11-6-2-3-7-12(11)17-10)18-15(19)13-8-4-5-9-16-13/h2-3,6-7,13,16-17H,4-5,8-9H2,1H3,(H,18,19). The fraction of sp³-hybridized carbons (Fsp3) is 0.400. The summed E-state index contributed by atoms with van der Waals surface area (Å²) in [6, 6.07) is 7.98. The number of carbonyl (C=O) groups is 1. The van der Waals surface area contributed by atoms with Crippen molar-refractivity contribution in [2.24, 2.45) is 0 Å². The van der Waals surface area contributed by atoms with Crippen molar-refractivity contribution >= 4 is 22.5 Å². The number of H-pyrrole nitrogens is 1. The summed E-state index contributed by atoms with van der Waals surface area (Å²) in [5, 5.41) is 7.42. The van der Waals surface area contributed by atoms with E-state index in [0.717, 1.165) is 48.1 Å². The Labute approximate surface area is 112 Å². The molecular weight excluding hydrogens is 238 g/mol. The first kappa shape index (κ1) is 12.2. The van der Waals surface area contributed by atoms with Gasteiger partial charge in [0.05, 0.1) is 11.7 Å². The summed E-state index contributed by atoms with van der Waals surface area (Å²) in [6.45, 7) is 2.93. The van der Waals surface area contributed by atoms with E-state index in [1.807, 2.05) is 31.2 Å². The molecule has 4 nitrogen and oxygen atoms in total. The van der Waals surface area contributed by atoms with Crippen molar-refractivity contribution in [3.63, 3.8) is 0 Å². The Hall–Kier alpha value is -1.81. The molecule has 19 heavy (non-hydrogen) atoms. The second-order valence-corrected chi connectivity index (χ2v) is 5.16. The van der Waals surface area contributed by atoms with Crippen LogP contribution < -0.4 is 10.6 Å². The molecule has 1 saturated heterocycles. The Bertz CT molecular complexity index is 596.